The Labute approximate surface area is 129 Å². The van der Waals surface area contributed by atoms with Crippen LogP contribution in [0, 0.1) is 0 Å². The smallest absolute Gasteiger partial charge is 0.244 e. The number of hydrogen-bond donors (Lipinski definition) is 2. The fraction of sp³-hybridized carbons (Fsp3) is 0.533. The summed E-state index contributed by atoms with van der Waals surface area (Å²) in [6.07, 6.45) is 5.15. The quantitative estimate of drug-likeness (QED) is 0.822. The highest BCUT2D eigenvalue weighted by Crippen LogP contribution is 2.26. The van der Waals surface area contributed by atoms with Crippen LogP contribution in [-0.2, 0) is 17.6 Å². The maximum absolute atomic E-state index is 12.1. The minimum Gasteiger partial charge on any atom is -0.389 e. The molecule has 1 aromatic rings. The van der Waals surface area contributed by atoms with Gasteiger partial charge in [-0.1, -0.05) is 12.2 Å². The molecule has 0 saturated carbocycles. The van der Waals surface area contributed by atoms with Gasteiger partial charge in [0.1, 0.15) is 16.8 Å². The van der Waals surface area contributed by atoms with Gasteiger partial charge in [0.15, 0.2) is 0 Å². The Morgan fingerprint density at radius 2 is 2.24 bits per heavy atom. The number of nitrogens with one attached hydrogen (secondary N) is 1. The molecule has 21 heavy (non-hydrogen) atoms. The maximum Gasteiger partial charge on any atom is 0.244 e. The number of thiocarbonyl (C=S) groups is 1. The topological polar surface area (TPSA) is 71.2 Å². The SMILES string of the molecule is CN1CCC(Nc2nc3c(cc2C(N)=S)CCCC3)C1=O. The Morgan fingerprint density at radius 1 is 1.48 bits per heavy atom. The molecule has 1 unspecified atom stereocenters. The lowest BCUT2D eigenvalue weighted by atomic mass is 9.94. The Hall–Kier alpha value is -1.69. The minimum absolute atomic E-state index is 0.100. The number of likely N-dealkylation sites (tertiary alicyclic amines) is 1. The Kier molecular flexibility index (Phi) is 3.80. The van der Waals surface area contributed by atoms with Gasteiger partial charge in [0.05, 0.1) is 5.56 Å². The highest BCUT2D eigenvalue weighted by molar-refractivity contribution is 7.80. The lowest BCUT2D eigenvalue weighted by molar-refractivity contribution is -0.127. The molecule has 0 bridgehead atoms. The fourth-order valence-electron chi connectivity index (χ4n) is 3.05. The molecule has 1 fully saturated rings. The third-order valence-corrected chi connectivity index (χ3v) is 4.52. The number of nitrogens with two attached hydrogens (primary N) is 1. The van der Waals surface area contributed by atoms with E-state index in [0.717, 1.165) is 43.5 Å². The van der Waals surface area contributed by atoms with E-state index < -0.39 is 0 Å². The number of anilines is 1. The first-order valence-corrected chi connectivity index (χ1v) is 7.81. The van der Waals surface area contributed by atoms with Crippen LogP contribution in [0.25, 0.3) is 0 Å². The summed E-state index contributed by atoms with van der Waals surface area (Å²) in [6, 6.07) is 1.83. The number of pyridine rings is 1. The number of fused-ring (bicyclic) bond motifs is 1. The zero-order valence-electron chi connectivity index (χ0n) is 12.2. The largest absolute Gasteiger partial charge is 0.389 e. The molecule has 112 valence electrons. The molecule has 0 spiro atoms. The fourth-order valence-corrected chi connectivity index (χ4v) is 3.21. The highest BCUT2D eigenvalue weighted by atomic mass is 32.1. The lowest BCUT2D eigenvalue weighted by Crippen LogP contribution is -2.32. The third-order valence-electron chi connectivity index (χ3n) is 4.30. The molecule has 2 heterocycles. The van der Waals surface area contributed by atoms with Crippen LogP contribution in [-0.4, -0.2) is 40.4 Å². The van der Waals surface area contributed by atoms with E-state index in [1.54, 1.807) is 4.90 Å². The van der Waals surface area contributed by atoms with Crippen molar-refractivity contribution in [3.8, 4) is 0 Å². The van der Waals surface area contributed by atoms with E-state index in [9.17, 15) is 4.79 Å². The molecule has 1 saturated heterocycles. The predicted octanol–water partition coefficient (Wildman–Crippen LogP) is 1.24. The molecule has 3 N–H and O–H groups in total. The molecule has 2 aliphatic rings. The van der Waals surface area contributed by atoms with Crippen LogP contribution in [0.15, 0.2) is 6.07 Å². The first-order valence-electron chi connectivity index (χ1n) is 7.40. The molecule has 6 heteroatoms. The van der Waals surface area contributed by atoms with Gasteiger partial charge in [0, 0.05) is 19.3 Å². The van der Waals surface area contributed by atoms with Crippen LogP contribution in [0.5, 0.6) is 0 Å². The van der Waals surface area contributed by atoms with Crippen molar-refractivity contribution in [1.82, 2.24) is 9.88 Å². The Bertz CT molecular complexity index is 602. The lowest BCUT2D eigenvalue weighted by Gasteiger charge is -2.21. The van der Waals surface area contributed by atoms with Crippen molar-refractivity contribution in [3.05, 3.63) is 22.9 Å². The molecule has 1 aliphatic carbocycles. The molecule has 1 amide bonds. The molecule has 5 nitrogen and oxygen atoms in total. The zero-order chi connectivity index (χ0) is 15.0. The molecule has 0 radical (unpaired) electrons. The maximum atomic E-state index is 12.1. The number of hydrogen-bond acceptors (Lipinski definition) is 4. The van der Waals surface area contributed by atoms with Gasteiger partial charge in [-0.25, -0.2) is 4.98 Å². The van der Waals surface area contributed by atoms with Gasteiger partial charge in [-0.15, -0.1) is 0 Å². The van der Waals surface area contributed by atoms with Crippen molar-refractivity contribution in [2.24, 2.45) is 5.73 Å². The van der Waals surface area contributed by atoms with Gasteiger partial charge in [0.2, 0.25) is 5.91 Å². The first-order chi connectivity index (χ1) is 10.1. The first kappa shape index (κ1) is 14.3. The van der Waals surface area contributed by atoms with E-state index in [4.69, 9.17) is 22.9 Å². The summed E-state index contributed by atoms with van der Waals surface area (Å²) < 4.78 is 0. The van der Waals surface area contributed by atoms with Crippen LogP contribution < -0.4 is 11.1 Å². The van der Waals surface area contributed by atoms with Gasteiger partial charge < -0.3 is 16.0 Å². The molecule has 1 aliphatic heterocycles. The van der Waals surface area contributed by atoms with Crippen LogP contribution in [0.2, 0.25) is 0 Å². The van der Waals surface area contributed by atoms with Gasteiger partial charge in [-0.05, 0) is 43.7 Å². The molecule has 1 aromatic heterocycles. The minimum atomic E-state index is -0.225. The third kappa shape index (κ3) is 2.72. The second-order valence-electron chi connectivity index (χ2n) is 5.81. The molecular formula is C15H20N4OS. The van der Waals surface area contributed by atoms with Crippen molar-refractivity contribution >= 4 is 28.9 Å². The standard InChI is InChI=1S/C15H20N4OS/c1-19-7-6-12(15(19)20)18-14-10(13(16)21)8-9-4-2-3-5-11(9)17-14/h8,12H,2-7H2,1H3,(H2,16,21)(H,17,18). The number of nitrogens with zero attached hydrogens (tertiary/aromatic N) is 2. The van der Waals surface area contributed by atoms with Gasteiger partial charge >= 0.3 is 0 Å². The van der Waals surface area contributed by atoms with E-state index in [2.05, 4.69) is 11.4 Å². The molecule has 1 atom stereocenters. The van der Waals surface area contributed by atoms with Crippen molar-refractivity contribution in [2.75, 3.05) is 18.9 Å². The zero-order valence-corrected chi connectivity index (χ0v) is 13.0. The number of aromatic nitrogens is 1. The van der Waals surface area contributed by atoms with Gasteiger partial charge in [0.25, 0.3) is 0 Å². The number of amides is 1. The average molecular weight is 304 g/mol. The molecule has 3 rings (SSSR count). The second kappa shape index (κ2) is 5.60. The summed E-state index contributed by atoms with van der Waals surface area (Å²) in [6.45, 7) is 0.768. The van der Waals surface area contributed by atoms with Gasteiger partial charge in [-0.3, -0.25) is 4.79 Å². The predicted molar refractivity (Wildman–Crippen MR) is 86.4 cm³/mol. The number of aryl methyl sites for hydroxylation is 2. The van der Waals surface area contributed by atoms with E-state index in [1.165, 1.54) is 12.0 Å². The van der Waals surface area contributed by atoms with Crippen LogP contribution in [0.4, 0.5) is 5.82 Å². The van der Waals surface area contributed by atoms with E-state index in [1.807, 2.05) is 7.05 Å². The van der Waals surface area contributed by atoms with E-state index >= 15 is 0 Å². The molecule has 0 aromatic carbocycles. The van der Waals surface area contributed by atoms with Crippen molar-refractivity contribution in [2.45, 2.75) is 38.1 Å². The number of carbonyl (C=O) groups is 1. The van der Waals surface area contributed by atoms with Crippen molar-refractivity contribution in [1.29, 1.82) is 0 Å². The number of carbonyl (C=O) groups excluding carboxylic acids is 1. The number of rotatable bonds is 3. The monoisotopic (exact) mass is 304 g/mol. The summed E-state index contributed by atoms with van der Waals surface area (Å²) in [4.78, 5) is 18.8. The van der Waals surface area contributed by atoms with Crippen LogP contribution in [0.3, 0.4) is 0 Å². The van der Waals surface area contributed by atoms with E-state index in [0.29, 0.717) is 10.8 Å². The van der Waals surface area contributed by atoms with E-state index in [-0.39, 0.29) is 11.9 Å². The normalized spacial score (nSPS) is 21.3. The summed E-state index contributed by atoms with van der Waals surface area (Å²) in [5.74, 6) is 0.764. The summed E-state index contributed by atoms with van der Waals surface area (Å²) in [5.41, 5.74) is 8.95. The summed E-state index contributed by atoms with van der Waals surface area (Å²) in [7, 11) is 1.82. The highest BCUT2D eigenvalue weighted by Gasteiger charge is 2.30. The summed E-state index contributed by atoms with van der Waals surface area (Å²) in [5, 5.41) is 3.25. The van der Waals surface area contributed by atoms with Gasteiger partial charge in [-0.2, -0.15) is 0 Å². The summed E-state index contributed by atoms with van der Waals surface area (Å²) >= 11 is 5.15. The molecular weight excluding hydrogens is 284 g/mol. The Balaban J connectivity index is 1.93. The van der Waals surface area contributed by atoms with Crippen molar-refractivity contribution < 1.29 is 4.79 Å². The van der Waals surface area contributed by atoms with Crippen LogP contribution in [0.1, 0.15) is 36.1 Å². The van der Waals surface area contributed by atoms with Crippen LogP contribution >= 0.6 is 12.2 Å². The average Bonchev–Trinajstić information content (AvgIpc) is 2.78. The Morgan fingerprint density at radius 3 is 2.90 bits per heavy atom. The second-order valence-corrected chi connectivity index (χ2v) is 6.25. The van der Waals surface area contributed by atoms with Crippen molar-refractivity contribution in [3.63, 3.8) is 0 Å². The number of likely N-dealkylation sites (N-methyl/N-ethyl adjacent to an activating group) is 1.